The summed E-state index contributed by atoms with van der Waals surface area (Å²) >= 11 is 0. The van der Waals surface area contributed by atoms with Crippen LogP contribution in [-0.2, 0) is 10.8 Å². The van der Waals surface area contributed by atoms with Gasteiger partial charge in [-0.1, -0.05) is 156 Å². The van der Waals surface area contributed by atoms with E-state index in [4.69, 9.17) is 4.42 Å². The molecule has 0 aliphatic heterocycles. The first-order chi connectivity index (χ1) is 24.7. The number of anilines is 3. The molecular formula is C49H41NO. The maximum Gasteiger partial charge on any atom is 0.137 e. The van der Waals surface area contributed by atoms with Gasteiger partial charge in [0.1, 0.15) is 11.2 Å². The van der Waals surface area contributed by atoms with Crippen LogP contribution in [0.3, 0.4) is 0 Å². The third kappa shape index (κ3) is 5.09. The van der Waals surface area contributed by atoms with Crippen LogP contribution in [0.4, 0.5) is 17.1 Å². The van der Waals surface area contributed by atoms with Crippen molar-refractivity contribution in [3.05, 3.63) is 174 Å². The van der Waals surface area contributed by atoms with Gasteiger partial charge in [-0.25, -0.2) is 0 Å². The molecule has 0 N–H and O–H groups in total. The third-order valence-corrected chi connectivity index (χ3v) is 10.9. The van der Waals surface area contributed by atoms with Crippen molar-refractivity contribution in [2.75, 3.05) is 4.90 Å². The Balaban J connectivity index is 1.35. The fraction of sp³-hybridized carbons (Fsp3) is 0.143. The van der Waals surface area contributed by atoms with E-state index in [9.17, 15) is 0 Å². The van der Waals surface area contributed by atoms with Crippen molar-refractivity contribution in [2.24, 2.45) is 0 Å². The molecule has 0 amide bonds. The zero-order valence-electron chi connectivity index (χ0n) is 29.9. The van der Waals surface area contributed by atoms with E-state index in [0.717, 1.165) is 39.0 Å². The van der Waals surface area contributed by atoms with Gasteiger partial charge in [0.05, 0.1) is 16.8 Å². The molecule has 2 heteroatoms. The molecular weight excluding hydrogens is 619 g/mol. The predicted octanol–water partition coefficient (Wildman–Crippen LogP) is 14.0. The van der Waals surface area contributed by atoms with Crippen molar-refractivity contribution >= 4 is 39.0 Å². The van der Waals surface area contributed by atoms with Gasteiger partial charge >= 0.3 is 0 Å². The van der Waals surface area contributed by atoms with Crippen LogP contribution in [0.5, 0.6) is 0 Å². The molecule has 0 saturated carbocycles. The van der Waals surface area contributed by atoms with Crippen LogP contribution in [-0.4, -0.2) is 0 Å². The van der Waals surface area contributed by atoms with Gasteiger partial charge in [0, 0.05) is 22.1 Å². The van der Waals surface area contributed by atoms with Crippen LogP contribution >= 0.6 is 0 Å². The van der Waals surface area contributed by atoms with E-state index in [1.54, 1.807) is 0 Å². The minimum Gasteiger partial charge on any atom is -0.456 e. The molecule has 0 fully saturated rings. The minimum absolute atomic E-state index is 0.0668. The Kier molecular flexibility index (Phi) is 7.09. The molecule has 8 aromatic rings. The normalized spacial score (nSPS) is 13.4. The molecule has 1 aromatic heterocycles. The second-order valence-corrected chi connectivity index (χ2v) is 15.4. The van der Waals surface area contributed by atoms with Gasteiger partial charge in [-0.2, -0.15) is 0 Å². The molecule has 0 radical (unpaired) electrons. The minimum atomic E-state index is -0.139. The number of hydrogen-bond acceptors (Lipinski definition) is 2. The van der Waals surface area contributed by atoms with Crippen LogP contribution in [0.1, 0.15) is 51.3 Å². The molecule has 1 heterocycles. The second-order valence-electron chi connectivity index (χ2n) is 15.4. The zero-order chi connectivity index (χ0) is 34.9. The summed E-state index contributed by atoms with van der Waals surface area (Å²) in [5.41, 5.74) is 16.4. The molecule has 0 unspecified atom stereocenters. The van der Waals surface area contributed by atoms with E-state index in [-0.39, 0.29) is 10.8 Å². The molecule has 1 aliphatic carbocycles. The Morgan fingerprint density at radius 1 is 0.490 bits per heavy atom. The molecule has 51 heavy (non-hydrogen) atoms. The van der Waals surface area contributed by atoms with E-state index in [1.165, 1.54) is 50.1 Å². The highest BCUT2D eigenvalue weighted by atomic mass is 16.3. The van der Waals surface area contributed by atoms with Crippen LogP contribution in [0.25, 0.3) is 55.3 Å². The van der Waals surface area contributed by atoms with Crippen LogP contribution < -0.4 is 4.90 Å². The summed E-state index contributed by atoms with van der Waals surface area (Å²) in [6, 6.07) is 57.6. The number of para-hydroxylation sites is 1. The highest BCUT2D eigenvalue weighted by Gasteiger charge is 2.36. The first-order valence-electron chi connectivity index (χ1n) is 17.9. The van der Waals surface area contributed by atoms with Crippen molar-refractivity contribution < 1.29 is 4.42 Å². The number of nitrogens with zero attached hydrogens (tertiary/aromatic N) is 1. The first kappa shape index (κ1) is 31.1. The lowest BCUT2D eigenvalue weighted by Gasteiger charge is -2.31. The maximum atomic E-state index is 6.49. The van der Waals surface area contributed by atoms with Crippen molar-refractivity contribution in [2.45, 2.75) is 45.4 Å². The molecule has 2 nitrogen and oxygen atoms in total. The SMILES string of the molecule is CC(C)(C)c1ccc(-c2ccc(-c3ccccc3)cc2N(c2ccc3c(c2)C(C)(C)c2ccccc2-3)c2cccc3oc4ccccc4c23)cc1. The van der Waals surface area contributed by atoms with Gasteiger partial charge in [0.15, 0.2) is 0 Å². The summed E-state index contributed by atoms with van der Waals surface area (Å²) in [6.07, 6.45) is 0. The fourth-order valence-electron chi connectivity index (χ4n) is 8.10. The van der Waals surface area contributed by atoms with Crippen molar-refractivity contribution in [3.63, 3.8) is 0 Å². The number of furan rings is 1. The lowest BCUT2D eigenvalue weighted by Crippen LogP contribution is -2.17. The van der Waals surface area contributed by atoms with E-state index in [1.807, 2.05) is 6.07 Å². The highest BCUT2D eigenvalue weighted by Crippen LogP contribution is 2.52. The molecule has 0 saturated heterocycles. The molecule has 1 aliphatic rings. The first-order valence-corrected chi connectivity index (χ1v) is 17.9. The number of fused-ring (bicyclic) bond motifs is 6. The van der Waals surface area contributed by atoms with Crippen molar-refractivity contribution in [1.82, 2.24) is 0 Å². The Morgan fingerprint density at radius 3 is 1.96 bits per heavy atom. The average Bonchev–Trinajstić information content (AvgIpc) is 3.64. The van der Waals surface area contributed by atoms with Gasteiger partial charge in [-0.3, -0.25) is 0 Å². The lowest BCUT2D eigenvalue weighted by molar-refractivity contribution is 0.590. The van der Waals surface area contributed by atoms with Crippen LogP contribution in [0.15, 0.2) is 162 Å². The fourth-order valence-corrected chi connectivity index (χ4v) is 8.10. The summed E-state index contributed by atoms with van der Waals surface area (Å²) in [5.74, 6) is 0. The quantitative estimate of drug-likeness (QED) is 0.183. The van der Waals surface area contributed by atoms with Crippen molar-refractivity contribution in [1.29, 1.82) is 0 Å². The third-order valence-electron chi connectivity index (χ3n) is 10.9. The maximum absolute atomic E-state index is 6.49. The second kappa shape index (κ2) is 11.6. The highest BCUT2D eigenvalue weighted by molar-refractivity contribution is 6.14. The van der Waals surface area contributed by atoms with Crippen molar-refractivity contribution in [3.8, 4) is 33.4 Å². The Labute approximate surface area is 300 Å². The van der Waals surface area contributed by atoms with E-state index < -0.39 is 0 Å². The molecule has 248 valence electrons. The van der Waals surface area contributed by atoms with Gasteiger partial charge in [0.25, 0.3) is 0 Å². The number of benzene rings is 7. The van der Waals surface area contributed by atoms with E-state index in [2.05, 4.69) is 191 Å². The monoisotopic (exact) mass is 659 g/mol. The summed E-state index contributed by atoms with van der Waals surface area (Å²) in [4.78, 5) is 2.48. The Bertz CT molecular complexity index is 2580. The zero-order valence-corrected chi connectivity index (χ0v) is 29.9. The lowest BCUT2D eigenvalue weighted by atomic mass is 9.82. The number of rotatable bonds is 5. The molecule has 0 spiro atoms. The molecule has 9 rings (SSSR count). The Hall–Kier alpha value is -5.86. The number of hydrogen-bond donors (Lipinski definition) is 0. The summed E-state index contributed by atoms with van der Waals surface area (Å²) in [5, 5.41) is 2.22. The van der Waals surface area contributed by atoms with E-state index >= 15 is 0 Å². The van der Waals surface area contributed by atoms with Gasteiger partial charge in [-0.15, -0.1) is 0 Å². The smallest absolute Gasteiger partial charge is 0.137 e. The van der Waals surface area contributed by atoms with Gasteiger partial charge in [-0.05, 0) is 86.3 Å². The van der Waals surface area contributed by atoms with Crippen LogP contribution in [0.2, 0.25) is 0 Å². The molecule has 0 bridgehead atoms. The predicted molar refractivity (Wildman–Crippen MR) is 216 cm³/mol. The average molecular weight is 660 g/mol. The summed E-state index contributed by atoms with van der Waals surface area (Å²) in [7, 11) is 0. The largest absolute Gasteiger partial charge is 0.456 e. The van der Waals surface area contributed by atoms with Gasteiger partial charge in [0.2, 0.25) is 0 Å². The summed E-state index contributed by atoms with van der Waals surface area (Å²) in [6.45, 7) is 11.5. The molecule has 0 atom stereocenters. The summed E-state index contributed by atoms with van der Waals surface area (Å²) < 4.78 is 6.49. The van der Waals surface area contributed by atoms with Crippen LogP contribution in [0, 0.1) is 0 Å². The Morgan fingerprint density at radius 2 is 1.16 bits per heavy atom. The van der Waals surface area contributed by atoms with E-state index in [0.29, 0.717) is 0 Å². The van der Waals surface area contributed by atoms with Gasteiger partial charge < -0.3 is 9.32 Å². The topological polar surface area (TPSA) is 16.4 Å². The standard InChI is InChI=1S/C49H41NO/c1-48(2,3)35-25-22-33(23-26-35)37-28-24-34(32-14-7-6-8-15-32)30-44(37)50(43-19-13-21-46-47(43)40-17-10-12-20-45(40)51-46)36-27-29-39-38-16-9-11-18-41(38)49(4,5)42(39)31-36/h6-31H,1-5H3. The molecule has 7 aromatic carbocycles.